The first-order valence-electron chi connectivity index (χ1n) is 8.38. The number of hydrogen-bond donors (Lipinski definition) is 0. The number of hydrogen-bond acceptors (Lipinski definition) is 4. The number of ether oxygens (including phenoxy) is 2. The van der Waals surface area contributed by atoms with Crippen LogP contribution in [0.4, 0.5) is 0 Å². The lowest BCUT2D eigenvalue weighted by atomic mass is 10.1. The zero-order valence-electron chi connectivity index (χ0n) is 14.5. The van der Waals surface area contributed by atoms with Crippen molar-refractivity contribution in [2.24, 2.45) is 0 Å². The van der Waals surface area contributed by atoms with Crippen LogP contribution in [0.15, 0.2) is 54.7 Å². The molecule has 25 heavy (non-hydrogen) atoms. The van der Waals surface area contributed by atoms with Crippen molar-refractivity contribution in [1.29, 1.82) is 0 Å². The van der Waals surface area contributed by atoms with Crippen LogP contribution < -0.4 is 4.74 Å². The number of aryl methyl sites for hydroxylation is 1. The van der Waals surface area contributed by atoms with Gasteiger partial charge >= 0.3 is 5.97 Å². The second-order valence-electron chi connectivity index (χ2n) is 5.83. The molecule has 0 aliphatic carbocycles. The summed E-state index contributed by atoms with van der Waals surface area (Å²) in [6, 6.07) is 15.5. The zero-order valence-corrected chi connectivity index (χ0v) is 14.5. The van der Waals surface area contributed by atoms with Gasteiger partial charge in [0.25, 0.3) is 0 Å². The van der Waals surface area contributed by atoms with Crippen molar-refractivity contribution < 1.29 is 14.3 Å². The lowest BCUT2D eigenvalue weighted by molar-refractivity contribution is 0.0601. The number of rotatable bonds is 6. The summed E-state index contributed by atoms with van der Waals surface area (Å²) in [7, 11) is 1.38. The van der Waals surface area contributed by atoms with Crippen LogP contribution in [-0.4, -0.2) is 24.7 Å². The van der Waals surface area contributed by atoms with Gasteiger partial charge in [0.2, 0.25) is 0 Å². The number of esters is 1. The van der Waals surface area contributed by atoms with Gasteiger partial charge in [-0.05, 0) is 53.1 Å². The molecule has 0 bridgehead atoms. The Morgan fingerprint density at radius 3 is 2.56 bits per heavy atom. The van der Waals surface area contributed by atoms with Crippen LogP contribution in [0.2, 0.25) is 0 Å². The smallest absolute Gasteiger partial charge is 0.337 e. The third kappa shape index (κ3) is 4.15. The average molecular weight is 335 g/mol. The van der Waals surface area contributed by atoms with Crippen molar-refractivity contribution in [3.05, 3.63) is 71.5 Å². The molecule has 2 aromatic carbocycles. The van der Waals surface area contributed by atoms with Gasteiger partial charge in [0.1, 0.15) is 5.75 Å². The number of benzene rings is 2. The maximum Gasteiger partial charge on any atom is 0.337 e. The van der Waals surface area contributed by atoms with Crippen LogP contribution >= 0.6 is 0 Å². The van der Waals surface area contributed by atoms with Gasteiger partial charge in [-0.15, -0.1) is 0 Å². The SMILES string of the molecule is CCc1ccc(CCOc2ccc3cc(C(=O)OC)ccc3c2)nc1. The summed E-state index contributed by atoms with van der Waals surface area (Å²) in [5.41, 5.74) is 2.82. The highest BCUT2D eigenvalue weighted by Gasteiger charge is 2.06. The first kappa shape index (κ1) is 17.0. The van der Waals surface area contributed by atoms with E-state index in [1.165, 1.54) is 12.7 Å². The van der Waals surface area contributed by atoms with E-state index in [4.69, 9.17) is 9.47 Å². The Kier molecular flexibility index (Phi) is 5.29. The van der Waals surface area contributed by atoms with Crippen molar-refractivity contribution >= 4 is 16.7 Å². The van der Waals surface area contributed by atoms with Gasteiger partial charge in [0.15, 0.2) is 0 Å². The van der Waals surface area contributed by atoms with Gasteiger partial charge in [-0.2, -0.15) is 0 Å². The minimum absolute atomic E-state index is 0.330. The molecule has 3 aromatic rings. The molecule has 0 radical (unpaired) electrons. The third-order valence-corrected chi connectivity index (χ3v) is 4.15. The predicted octanol–water partition coefficient (Wildman–Crippen LogP) is 4.21. The minimum Gasteiger partial charge on any atom is -0.493 e. The highest BCUT2D eigenvalue weighted by molar-refractivity contribution is 5.95. The first-order chi connectivity index (χ1) is 12.2. The molecule has 1 aromatic heterocycles. The van der Waals surface area contributed by atoms with E-state index in [2.05, 4.69) is 24.0 Å². The van der Waals surface area contributed by atoms with Crippen LogP contribution in [-0.2, 0) is 17.6 Å². The Labute approximate surface area is 147 Å². The molecule has 0 saturated carbocycles. The Balaban J connectivity index is 1.64. The Morgan fingerprint density at radius 2 is 1.84 bits per heavy atom. The maximum absolute atomic E-state index is 11.6. The summed E-state index contributed by atoms with van der Waals surface area (Å²) in [4.78, 5) is 16.0. The van der Waals surface area contributed by atoms with E-state index < -0.39 is 0 Å². The van der Waals surface area contributed by atoms with E-state index in [1.54, 1.807) is 6.07 Å². The van der Waals surface area contributed by atoms with Crippen molar-refractivity contribution in [2.45, 2.75) is 19.8 Å². The van der Waals surface area contributed by atoms with Gasteiger partial charge in [0, 0.05) is 18.3 Å². The normalized spacial score (nSPS) is 10.6. The molecule has 0 aliphatic rings. The molecule has 0 aliphatic heterocycles. The molecule has 4 heteroatoms. The number of aromatic nitrogens is 1. The molecule has 0 amide bonds. The van der Waals surface area contributed by atoms with Gasteiger partial charge in [-0.3, -0.25) is 4.98 Å². The fraction of sp³-hybridized carbons (Fsp3) is 0.238. The molecule has 0 saturated heterocycles. The number of carbonyl (C=O) groups is 1. The monoisotopic (exact) mass is 335 g/mol. The summed E-state index contributed by atoms with van der Waals surface area (Å²) < 4.78 is 10.6. The highest BCUT2D eigenvalue weighted by Crippen LogP contribution is 2.22. The maximum atomic E-state index is 11.6. The quantitative estimate of drug-likeness (QED) is 0.633. The fourth-order valence-electron chi connectivity index (χ4n) is 2.64. The van der Waals surface area contributed by atoms with Crippen molar-refractivity contribution in [3.63, 3.8) is 0 Å². The second-order valence-corrected chi connectivity index (χ2v) is 5.83. The minimum atomic E-state index is -0.330. The van der Waals surface area contributed by atoms with Crippen molar-refractivity contribution in [2.75, 3.05) is 13.7 Å². The molecular weight excluding hydrogens is 314 g/mol. The van der Waals surface area contributed by atoms with E-state index in [1.807, 2.05) is 36.5 Å². The number of carbonyl (C=O) groups excluding carboxylic acids is 1. The molecule has 4 nitrogen and oxygen atoms in total. The summed E-state index contributed by atoms with van der Waals surface area (Å²) in [5.74, 6) is 0.479. The van der Waals surface area contributed by atoms with E-state index >= 15 is 0 Å². The van der Waals surface area contributed by atoms with Crippen LogP contribution in [0, 0.1) is 0 Å². The Morgan fingerprint density at radius 1 is 1.04 bits per heavy atom. The van der Waals surface area contributed by atoms with E-state index in [0.29, 0.717) is 12.2 Å². The van der Waals surface area contributed by atoms with Gasteiger partial charge in [0.05, 0.1) is 19.3 Å². The topological polar surface area (TPSA) is 48.4 Å². The number of fused-ring (bicyclic) bond motifs is 1. The van der Waals surface area contributed by atoms with E-state index in [-0.39, 0.29) is 5.97 Å². The van der Waals surface area contributed by atoms with Gasteiger partial charge < -0.3 is 9.47 Å². The number of pyridine rings is 1. The van der Waals surface area contributed by atoms with Crippen LogP contribution in [0.1, 0.15) is 28.5 Å². The molecule has 0 fully saturated rings. The van der Waals surface area contributed by atoms with E-state index in [9.17, 15) is 4.79 Å². The van der Waals surface area contributed by atoms with Crippen molar-refractivity contribution in [1.82, 2.24) is 4.98 Å². The van der Waals surface area contributed by atoms with Crippen LogP contribution in [0.5, 0.6) is 5.75 Å². The Hall–Kier alpha value is -2.88. The van der Waals surface area contributed by atoms with Crippen LogP contribution in [0.3, 0.4) is 0 Å². The lowest BCUT2D eigenvalue weighted by Crippen LogP contribution is -2.03. The fourth-order valence-corrected chi connectivity index (χ4v) is 2.64. The zero-order chi connectivity index (χ0) is 17.6. The standard InChI is InChI=1S/C21H21NO3/c1-3-15-4-8-19(22-14-15)10-11-25-20-9-7-16-12-18(21(23)24-2)6-5-17(16)13-20/h4-9,12-14H,3,10-11H2,1-2H3. The highest BCUT2D eigenvalue weighted by atomic mass is 16.5. The molecule has 0 atom stereocenters. The van der Waals surface area contributed by atoms with Gasteiger partial charge in [-0.25, -0.2) is 4.79 Å². The predicted molar refractivity (Wildman–Crippen MR) is 98.1 cm³/mol. The number of nitrogens with zero attached hydrogens (tertiary/aromatic N) is 1. The molecule has 1 heterocycles. The molecule has 0 spiro atoms. The second kappa shape index (κ2) is 7.79. The number of methoxy groups -OCH3 is 1. The van der Waals surface area contributed by atoms with E-state index in [0.717, 1.165) is 35.1 Å². The summed E-state index contributed by atoms with van der Waals surface area (Å²) in [5, 5.41) is 2.00. The average Bonchev–Trinajstić information content (AvgIpc) is 2.67. The molecule has 0 unspecified atom stereocenters. The molecule has 0 N–H and O–H groups in total. The van der Waals surface area contributed by atoms with Gasteiger partial charge in [-0.1, -0.05) is 25.1 Å². The van der Waals surface area contributed by atoms with Crippen molar-refractivity contribution in [3.8, 4) is 5.75 Å². The summed E-state index contributed by atoms with van der Waals surface area (Å²) >= 11 is 0. The molecule has 3 rings (SSSR count). The molecular formula is C21H21NO3. The molecule has 128 valence electrons. The summed E-state index contributed by atoms with van der Waals surface area (Å²) in [6.45, 7) is 2.69. The summed E-state index contributed by atoms with van der Waals surface area (Å²) in [6.07, 6.45) is 3.69. The lowest BCUT2D eigenvalue weighted by Gasteiger charge is -2.08. The van der Waals surface area contributed by atoms with Crippen LogP contribution in [0.25, 0.3) is 10.8 Å². The largest absolute Gasteiger partial charge is 0.493 e. The third-order valence-electron chi connectivity index (χ3n) is 4.15. The Bertz CT molecular complexity index is 872. The first-order valence-corrected chi connectivity index (χ1v) is 8.38.